The lowest BCUT2D eigenvalue weighted by atomic mass is 9.58. The molecule has 0 radical (unpaired) electrons. The highest BCUT2D eigenvalue weighted by Gasteiger charge is 2.42. The predicted molar refractivity (Wildman–Crippen MR) is 72.9 cm³/mol. The zero-order chi connectivity index (χ0) is 12.7. The van der Waals surface area contributed by atoms with Gasteiger partial charge in [-0.1, -0.05) is 40.5 Å². The maximum absolute atomic E-state index is 10.5. The Labute approximate surface area is 107 Å². The van der Waals surface area contributed by atoms with Gasteiger partial charge in [-0.15, -0.1) is 0 Å². The van der Waals surface area contributed by atoms with Gasteiger partial charge in [0.25, 0.3) is 0 Å². The van der Waals surface area contributed by atoms with Crippen LogP contribution in [0.25, 0.3) is 0 Å². The van der Waals surface area contributed by atoms with Gasteiger partial charge in [-0.3, -0.25) is 0 Å². The molecule has 2 saturated carbocycles. The zero-order valence-corrected chi connectivity index (χ0v) is 12.1. The molecule has 0 heterocycles. The number of aliphatic hydroxyl groups is 1. The van der Waals surface area contributed by atoms with Gasteiger partial charge in [0.15, 0.2) is 0 Å². The van der Waals surface area contributed by atoms with E-state index in [1.54, 1.807) is 0 Å². The summed E-state index contributed by atoms with van der Waals surface area (Å²) in [6.45, 7) is 9.17. The van der Waals surface area contributed by atoms with Crippen LogP contribution in [0.4, 0.5) is 0 Å². The van der Waals surface area contributed by atoms with E-state index in [0.29, 0.717) is 11.3 Å². The summed E-state index contributed by atoms with van der Waals surface area (Å²) in [6, 6.07) is 0. The first-order valence-corrected chi connectivity index (χ1v) is 7.46. The van der Waals surface area contributed by atoms with Crippen LogP contribution in [0, 0.1) is 22.7 Å². The number of hydrogen-bond donors (Lipinski definition) is 1. The van der Waals surface area contributed by atoms with Gasteiger partial charge in [0.2, 0.25) is 0 Å². The Bertz CT molecular complexity index is 265. The predicted octanol–water partition coefficient (Wildman–Crippen LogP) is 4.39. The maximum Gasteiger partial charge on any atom is 0.0573 e. The average molecular weight is 238 g/mol. The molecule has 2 fully saturated rings. The third kappa shape index (κ3) is 3.47. The van der Waals surface area contributed by atoms with E-state index >= 15 is 0 Å². The van der Waals surface area contributed by atoms with E-state index in [1.165, 1.54) is 38.5 Å². The van der Waals surface area contributed by atoms with Crippen LogP contribution in [0.5, 0.6) is 0 Å². The summed E-state index contributed by atoms with van der Waals surface area (Å²) >= 11 is 0. The van der Waals surface area contributed by atoms with Gasteiger partial charge in [0.1, 0.15) is 0 Å². The highest BCUT2D eigenvalue weighted by atomic mass is 16.3. The van der Waals surface area contributed by atoms with Crippen LogP contribution in [0.3, 0.4) is 0 Å². The number of fused-ring (bicyclic) bond motifs is 2. The SMILES string of the molecule is CC(C)(C)CC(O)C1CC2CCCC(C)(C2)C1. The fraction of sp³-hybridized carbons (Fsp3) is 1.00. The second-order valence-corrected chi connectivity index (χ2v) is 8.31. The van der Waals surface area contributed by atoms with E-state index in [0.717, 1.165) is 12.3 Å². The van der Waals surface area contributed by atoms with Crippen LogP contribution in [0.2, 0.25) is 0 Å². The van der Waals surface area contributed by atoms with Crippen LogP contribution >= 0.6 is 0 Å². The van der Waals surface area contributed by atoms with Gasteiger partial charge >= 0.3 is 0 Å². The minimum Gasteiger partial charge on any atom is -0.393 e. The fourth-order valence-electron chi connectivity index (χ4n) is 4.34. The van der Waals surface area contributed by atoms with E-state index in [9.17, 15) is 5.11 Å². The van der Waals surface area contributed by atoms with Crippen molar-refractivity contribution < 1.29 is 5.11 Å². The van der Waals surface area contributed by atoms with Crippen molar-refractivity contribution in [3.05, 3.63) is 0 Å². The lowest BCUT2D eigenvalue weighted by Crippen LogP contribution is -2.40. The number of rotatable bonds is 2. The molecule has 0 aliphatic heterocycles. The molecule has 1 heteroatoms. The molecule has 17 heavy (non-hydrogen) atoms. The van der Waals surface area contributed by atoms with Gasteiger partial charge in [-0.2, -0.15) is 0 Å². The first-order chi connectivity index (χ1) is 7.77. The van der Waals surface area contributed by atoms with Crippen LogP contribution in [0.15, 0.2) is 0 Å². The summed E-state index contributed by atoms with van der Waals surface area (Å²) < 4.78 is 0. The number of aliphatic hydroxyl groups excluding tert-OH is 1. The third-order valence-electron chi connectivity index (χ3n) is 4.93. The van der Waals surface area contributed by atoms with Crippen LogP contribution in [-0.2, 0) is 0 Å². The van der Waals surface area contributed by atoms with Crippen molar-refractivity contribution in [1.82, 2.24) is 0 Å². The van der Waals surface area contributed by atoms with E-state index in [4.69, 9.17) is 0 Å². The Hall–Kier alpha value is -0.0400. The molecule has 2 rings (SSSR count). The molecule has 1 nitrogen and oxygen atoms in total. The first kappa shape index (κ1) is 13.4. The first-order valence-electron chi connectivity index (χ1n) is 7.46. The van der Waals surface area contributed by atoms with E-state index in [-0.39, 0.29) is 11.5 Å². The Morgan fingerprint density at radius 3 is 2.59 bits per heavy atom. The van der Waals surface area contributed by atoms with Crippen molar-refractivity contribution in [3.63, 3.8) is 0 Å². The van der Waals surface area contributed by atoms with Gasteiger partial charge in [0.05, 0.1) is 6.10 Å². The molecule has 2 aliphatic carbocycles. The average Bonchev–Trinajstić information content (AvgIpc) is 2.12. The lowest BCUT2D eigenvalue weighted by Gasteiger charge is -2.48. The summed E-state index contributed by atoms with van der Waals surface area (Å²) in [5.41, 5.74) is 0.803. The molecule has 4 atom stereocenters. The molecular formula is C16H30O. The van der Waals surface area contributed by atoms with Crippen LogP contribution in [-0.4, -0.2) is 11.2 Å². The van der Waals surface area contributed by atoms with Crippen molar-refractivity contribution >= 4 is 0 Å². The molecule has 1 N–H and O–H groups in total. The second-order valence-electron chi connectivity index (χ2n) is 8.31. The molecule has 2 bridgehead atoms. The van der Waals surface area contributed by atoms with Gasteiger partial charge < -0.3 is 5.11 Å². The van der Waals surface area contributed by atoms with Crippen molar-refractivity contribution in [2.24, 2.45) is 22.7 Å². The van der Waals surface area contributed by atoms with Crippen molar-refractivity contribution in [3.8, 4) is 0 Å². The van der Waals surface area contributed by atoms with Gasteiger partial charge in [-0.25, -0.2) is 0 Å². The summed E-state index contributed by atoms with van der Waals surface area (Å²) in [7, 11) is 0. The molecular weight excluding hydrogens is 208 g/mol. The minimum absolute atomic E-state index is 0.0739. The fourth-order valence-corrected chi connectivity index (χ4v) is 4.34. The van der Waals surface area contributed by atoms with Crippen molar-refractivity contribution in [2.75, 3.05) is 0 Å². The largest absolute Gasteiger partial charge is 0.393 e. The Morgan fingerprint density at radius 1 is 1.29 bits per heavy atom. The van der Waals surface area contributed by atoms with Gasteiger partial charge in [-0.05, 0) is 54.8 Å². The summed E-state index contributed by atoms with van der Waals surface area (Å²) in [5.74, 6) is 1.47. The summed E-state index contributed by atoms with van der Waals surface area (Å²) in [6.07, 6.45) is 9.08. The maximum atomic E-state index is 10.5. The molecule has 4 unspecified atom stereocenters. The molecule has 2 aliphatic rings. The summed E-state index contributed by atoms with van der Waals surface area (Å²) in [5, 5.41) is 10.5. The lowest BCUT2D eigenvalue weighted by molar-refractivity contribution is -0.0229. The van der Waals surface area contributed by atoms with Crippen molar-refractivity contribution in [1.29, 1.82) is 0 Å². The number of hydrogen-bond acceptors (Lipinski definition) is 1. The minimum atomic E-state index is -0.0739. The molecule has 0 aromatic heterocycles. The quantitative estimate of drug-likeness (QED) is 0.756. The van der Waals surface area contributed by atoms with E-state index < -0.39 is 0 Å². The molecule has 0 saturated heterocycles. The highest BCUT2D eigenvalue weighted by Crippen LogP contribution is 2.52. The standard InChI is InChI=1S/C16H30O/c1-15(2,3)11-14(17)13-8-12-6-5-7-16(4,9-12)10-13/h12-14,17H,5-11H2,1-4H3. The Kier molecular flexibility index (Phi) is 3.60. The monoisotopic (exact) mass is 238 g/mol. The highest BCUT2D eigenvalue weighted by molar-refractivity contribution is 4.93. The van der Waals surface area contributed by atoms with Crippen LogP contribution < -0.4 is 0 Å². The molecule has 0 spiro atoms. The van der Waals surface area contributed by atoms with E-state index in [2.05, 4.69) is 27.7 Å². The molecule has 0 amide bonds. The van der Waals surface area contributed by atoms with Crippen molar-refractivity contribution in [2.45, 2.75) is 78.7 Å². The topological polar surface area (TPSA) is 20.2 Å². The normalized spacial score (nSPS) is 40.1. The zero-order valence-electron chi connectivity index (χ0n) is 12.1. The Morgan fingerprint density at radius 2 is 2.00 bits per heavy atom. The van der Waals surface area contributed by atoms with Gasteiger partial charge in [0, 0.05) is 0 Å². The molecule has 0 aromatic rings. The third-order valence-corrected chi connectivity index (χ3v) is 4.93. The van der Waals surface area contributed by atoms with Crippen LogP contribution in [0.1, 0.15) is 72.6 Å². The molecule has 0 aromatic carbocycles. The Balaban J connectivity index is 1.98. The summed E-state index contributed by atoms with van der Waals surface area (Å²) in [4.78, 5) is 0. The smallest absolute Gasteiger partial charge is 0.0573 e. The van der Waals surface area contributed by atoms with E-state index in [1.807, 2.05) is 0 Å². The second kappa shape index (κ2) is 4.57. The molecule has 100 valence electrons.